The van der Waals surface area contributed by atoms with Crippen LogP contribution in [0.4, 0.5) is 11.6 Å². The SMILES string of the molecule is COCCOCCOc1nn(C2CCC(N3CC(C)OC(C)C3)CC2)cc1Nc1ncc(-c2ccc(Cl)c(O[C@@H](C)CN=CN)c2)cn1. The zero-order chi connectivity index (χ0) is 33.9. The molecular weight excluding hydrogens is 636 g/mol. The van der Waals surface area contributed by atoms with Crippen molar-refractivity contribution >= 4 is 29.6 Å². The second-order valence-electron chi connectivity index (χ2n) is 12.5. The normalized spacial score (nSPS) is 22.5. The Kier molecular flexibility index (Phi) is 13.3. The van der Waals surface area contributed by atoms with Crippen LogP contribution < -0.4 is 20.5 Å². The van der Waals surface area contributed by atoms with Crippen LogP contribution in [0.3, 0.4) is 0 Å². The second-order valence-corrected chi connectivity index (χ2v) is 12.9. The summed E-state index contributed by atoms with van der Waals surface area (Å²) in [6.45, 7) is 10.5. The van der Waals surface area contributed by atoms with E-state index in [0.29, 0.717) is 67.3 Å². The predicted molar refractivity (Wildman–Crippen MR) is 187 cm³/mol. The van der Waals surface area contributed by atoms with Gasteiger partial charge in [0.05, 0.1) is 62.2 Å². The van der Waals surface area contributed by atoms with E-state index in [2.05, 4.69) is 39.0 Å². The van der Waals surface area contributed by atoms with Crippen molar-refractivity contribution in [2.75, 3.05) is 58.5 Å². The van der Waals surface area contributed by atoms with Crippen molar-refractivity contribution in [1.82, 2.24) is 24.6 Å². The van der Waals surface area contributed by atoms with Crippen molar-refractivity contribution in [2.45, 2.75) is 76.9 Å². The van der Waals surface area contributed by atoms with Crippen LogP contribution in [-0.4, -0.2) is 109 Å². The minimum absolute atomic E-state index is 0.193. The smallest absolute Gasteiger partial charge is 0.257 e. The van der Waals surface area contributed by atoms with Gasteiger partial charge < -0.3 is 34.7 Å². The first-order valence-corrected chi connectivity index (χ1v) is 17.1. The number of morpholine rings is 1. The van der Waals surface area contributed by atoms with Gasteiger partial charge in [0.25, 0.3) is 5.88 Å². The molecule has 2 unspecified atom stereocenters. The number of halogens is 1. The van der Waals surface area contributed by atoms with E-state index < -0.39 is 0 Å². The largest absolute Gasteiger partial charge is 0.487 e. The third kappa shape index (κ3) is 10.0. The third-order valence-electron chi connectivity index (χ3n) is 8.56. The zero-order valence-electron chi connectivity index (χ0n) is 28.4. The van der Waals surface area contributed by atoms with Crippen molar-refractivity contribution in [3.8, 4) is 22.8 Å². The van der Waals surface area contributed by atoms with Gasteiger partial charge in [-0.25, -0.2) is 9.97 Å². The molecule has 1 aliphatic carbocycles. The van der Waals surface area contributed by atoms with Gasteiger partial charge in [-0.3, -0.25) is 14.6 Å². The highest BCUT2D eigenvalue weighted by molar-refractivity contribution is 6.32. The summed E-state index contributed by atoms with van der Waals surface area (Å²) in [5.41, 5.74) is 7.75. The molecule has 0 spiro atoms. The molecule has 48 heavy (non-hydrogen) atoms. The number of nitrogens with one attached hydrogen (secondary N) is 1. The Balaban J connectivity index is 1.25. The van der Waals surface area contributed by atoms with Crippen LogP contribution in [0.15, 0.2) is 41.8 Å². The molecule has 1 aromatic carbocycles. The molecule has 3 aromatic rings. The number of rotatable bonds is 16. The Morgan fingerprint density at radius 2 is 1.75 bits per heavy atom. The number of hydrogen-bond acceptors (Lipinski definition) is 11. The van der Waals surface area contributed by atoms with Crippen LogP contribution in [0.5, 0.6) is 11.6 Å². The molecule has 2 aliphatic rings. The minimum Gasteiger partial charge on any atom is -0.487 e. The number of ether oxygens (including phenoxy) is 5. The first-order chi connectivity index (χ1) is 23.3. The molecule has 5 rings (SSSR count). The quantitative estimate of drug-likeness (QED) is 0.118. The van der Waals surface area contributed by atoms with E-state index >= 15 is 0 Å². The van der Waals surface area contributed by atoms with Crippen molar-refractivity contribution < 1.29 is 23.7 Å². The van der Waals surface area contributed by atoms with Gasteiger partial charge in [-0.15, -0.1) is 5.10 Å². The highest BCUT2D eigenvalue weighted by Crippen LogP contribution is 2.36. The fraction of sp³-hybridized carbons (Fsp3) is 0.588. The fourth-order valence-electron chi connectivity index (χ4n) is 6.30. The van der Waals surface area contributed by atoms with Gasteiger partial charge in [0.1, 0.15) is 24.1 Å². The van der Waals surface area contributed by atoms with Crippen molar-refractivity contribution in [3.63, 3.8) is 0 Å². The van der Waals surface area contributed by atoms with E-state index in [9.17, 15) is 0 Å². The zero-order valence-corrected chi connectivity index (χ0v) is 29.1. The molecule has 2 aromatic heterocycles. The summed E-state index contributed by atoms with van der Waals surface area (Å²) < 4.78 is 30.7. The van der Waals surface area contributed by atoms with E-state index in [4.69, 9.17) is 46.1 Å². The molecule has 262 valence electrons. The maximum absolute atomic E-state index is 6.40. The first kappa shape index (κ1) is 35.8. The topological polar surface area (TPSA) is 143 Å². The number of benzene rings is 1. The Labute approximate surface area is 288 Å². The molecule has 3 heterocycles. The molecule has 0 bridgehead atoms. The fourth-order valence-corrected chi connectivity index (χ4v) is 6.46. The van der Waals surface area contributed by atoms with Gasteiger partial charge in [-0.2, -0.15) is 0 Å². The lowest BCUT2D eigenvalue weighted by molar-refractivity contribution is -0.0852. The summed E-state index contributed by atoms with van der Waals surface area (Å²) in [5.74, 6) is 1.47. The summed E-state index contributed by atoms with van der Waals surface area (Å²) >= 11 is 6.40. The molecule has 0 radical (unpaired) electrons. The van der Waals surface area contributed by atoms with Gasteiger partial charge in [0.15, 0.2) is 0 Å². The van der Waals surface area contributed by atoms with Gasteiger partial charge in [-0.05, 0) is 64.2 Å². The minimum atomic E-state index is -0.193. The summed E-state index contributed by atoms with van der Waals surface area (Å²) in [7, 11) is 1.65. The van der Waals surface area contributed by atoms with E-state index in [1.54, 1.807) is 25.6 Å². The highest BCUT2D eigenvalue weighted by atomic mass is 35.5. The molecule has 0 amide bonds. The lowest BCUT2D eigenvalue weighted by Crippen LogP contribution is -2.51. The van der Waals surface area contributed by atoms with Crippen LogP contribution in [0, 0.1) is 0 Å². The standard InChI is InChI=1S/C34H49ClN8O5/c1-23(16-37-22-36)48-32-15-26(5-10-30(32)35)27-17-38-34(39-18-27)40-31-21-43(41-33(31)46-14-13-45-12-11-44-4)29-8-6-28(7-9-29)42-19-24(2)47-25(3)20-42/h5,10,15,17-18,21-25,28-29H,6-9,11-14,16,19-20H2,1-4H3,(H2,36,37)(H,38,39,40)/t23-,24?,25?,28?,29?/m0/s1. The van der Waals surface area contributed by atoms with E-state index in [1.807, 2.05) is 29.9 Å². The molecule has 3 atom stereocenters. The average Bonchev–Trinajstić information content (AvgIpc) is 3.48. The van der Waals surface area contributed by atoms with E-state index in [1.165, 1.54) is 6.34 Å². The maximum Gasteiger partial charge on any atom is 0.257 e. The van der Waals surface area contributed by atoms with Crippen LogP contribution in [0.25, 0.3) is 11.1 Å². The second kappa shape index (κ2) is 17.8. The third-order valence-corrected chi connectivity index (χ3v) is 8.87. The Hall–Kier alpha value is -3.49. The number of aliphatic imine (C=N–C) groups is 1. The van der Waals surface area contributed by atoms with Gasteiger partial charge in [0.2, 0.25) is 5.95 Å². The summed E-state index contributed by atoms with van der Waals surface area (Å²) in [6, 6.07) is 6.43. The maximum atomic E-state index is 6.40. The summed E-state index contributed by atoms with van der Waals surface area (Å²) in [6.07, 6.45) is 11.5. The molecule has 3 N–H and O–H groups in total. The Morgan fingerprint density at radius 1 is 1.04 bits per heavy atom. The van der Waals surface area contributed by atoms with Gasteiger partial charge >= 0.3 is 0 Å². The van der Waals surface area contributed by atoms with Crippen LogP contribution in [0.2, 0.25) is 5.02 Å². The van der Waals surface area contributed by atoms with E-state index in [-0.39, 0.29) is 24.4 Å². The lowest BCUT2D eigenvalue weighted by atomic mass is 9.89. The van der Waals surface area contributed by atoms with Crippen molar-refractivity contribution in [3.05, 3.63) is 41.8 Å². The molecule has 14 heteroatoms. The van der Waals surface area contributed by atoms with Gasteiger partial charge in [-0.1, -0.05) is 17.7 Å². The average molecular weight is 685 g/mol. The van der Waals surface area contributed by atoms with Crippen LogP contribution in [0.1, 0.15) is 52.5 Å². The number of nitrogens with zero attached hydrogens (tertiary/aromatic N) is 6. The monoisotopic (exact) mass is 684 g/mol. The highest BCUT2D eigenvalue weighted by Gasteiger charge is 2.32. The van der Waals surface area contributed by atoms with Crippen molar-refractivity contribution in [2.24, 2.45) is 10.7 Å². The molecule has 1 saturated carbocycles. The molecule has 1 saturated heterocycles. The van der Waals surface area contributed by atoms with Crippen LogP contribution >= 0.6 is 11.6 Å². The number of aromatic nitrogens is 4. The molecular formula is C34H49ClN8O5. The number of anilines is 2. The number of nitrogens with two attached hydrogens (primary N) is 1. The summed E-state index contributed by atoms with van der Waals surface area (Å²) in [4.78, 5) is 15.8. The van der Waals surface area contributed by atoms with E-state index in [0.717, 1.165) is 49.9 Å². The van der Waals surface area contributed by atoms with Crippen molar-refractivity contribution in [1.29, 1.82) is 0 Å². The Bertz CT molecular complexity index is 1440. The van der Waals surface area contributed by atoms with Gasteiger partial charge in [0, 0.05) is 44.2 Å². The number of methoxy groups -OCH3 is 1. The molecule has 2 fully saturated rings. The van der Waals surface area contributed by atoms with Crippen LogP contribution in [-0.2, 0) is 14.2 Å². The Morgan fingerprint density at radius 3 is 2.46 bits per heavy atom. The lowest BCUT2D eigenvalue weighted by Gasteiger charge is -2.42. The molecule has 1 aliphatic heterocycles. The molecule has 13 nitrogen and oxygen atoms in total. The summed E-state index contributed by atoms with van der Waals surface area (Å²) in [5, 5.41) is 8.71. The number of hydrogen-bond donors (Lipinski definition) is 2. The predicted octanol–water partition coefficient (Wildman–Crippen LogP) is 5.13. The first-order valence-electron chi connectivity index (χ1n) is 16.8.